The third kappa shape index (κ3) is 2.66. The van der Waals surface area contributed by atoms with Crippen LogP contribution in [-0.4, -0.2) is 58.1 Å². The molecule has 0 spiro atoms. The van der Waals surface area contributed by atoms with Gasteiger partial charge < -0.3 is 10.0 Å². The predicted octanol–water partition coefficient (Wildman–Crippen LogP) is 0.306. The number of aliphatic carboxylic acids is 1. The summed E-state index contributed by atoms with van der Waals surface area (Å²) in [5.74, 6) is -1.55. The van der Waals surface area contributed by atoms with E-state index >= 15 is 0 Å². The molecular formula is C13H19N3O4. The molecule has 1 fully saturated rings. The first-order chi connectivity index (χ1) is 9.41. The van der Waals surface area contributed by atoms with Gasteiger partial charge >= 0.3 is 5.97 Å². The van der Waals surface area contributed by atoms with Crippen LogP contribution in [0.5, 0.6) is 0 Å². The highest BCUT2D eigenvalue weighted by molar-refractivity contribution is 6.39. The van der Waals surface area contributed by atoms with Crippen molar-refractivity contribution in [2.75, 3.05) is 13.6 Å². The molecule has 7 nitrogen and oxygen atoms in total. The zero-order valence-electron chi connectivity index (χ0n) is 11.7. The number of likely N-dealkylation sites (tertiary alicyclic amines) is 1. The van der Waals surface area contributed by atoms with Crippen LogP contribution in [-0.2, 0) is 14.4 Å². The first-order valence-corrected chi connectivity index (χ1v) is 6.79. The van der Waals surface area contributed by atoms with Crippen molar-refractivity contribution in [1.82, 2.24) is 9.91 Å². The molecule has 110 valence electrons. The molecule has 2 unspecified atom stereocenters. The molecule has 1 N–H and O–H groups in total. The molecule has 2 heterocycles. The molecule has 20 heavy (non-hydrogen) atoms. The van der Waals surface area contributed by atoms with Crippen LogP contribution in [0.4, 0.5) is 0 Å². The highest BCUT2D eigenvalue weighted by Gasteiger charge is 2.39. The summed E-state index contributed by atoms with van der Waals surface area (Å²) in [6.07, 6.45) is 2.10. The fourth-order valence-electron chi connectivity index (χ4n) is 2.78. The van der Waals surface area contributed by atoms with Gasteiger partial charge in [-0.05, 0) is 18.8 Å². The molecule has 0 aromatic carbocycles. The Kier molecular flexibility index (Phi) is 4.06. The Labute approximate surface area is 117 Å². The maximum absolute atomic E-state index is 12.5. The number of piperidine rings is 1. The van der Waals surface area contributed by atoms with Crippen molar-refractivity contribution in [2.24, 2.45) is 11.0 Å². The smallest absolute Gasteiger partial charge is 0.326 e. The highest BCUT2D eigenvalue weighted by atomic mass is 16.4. The largest absolute Gasteiger partial charge is 0.480 e. The van der Waals surface area contributed by atoms with E-state index < -0.39 is 12.0 Å². The van der Waals surface area contributed by atoms with Crippen molar-refractivity contribution < 1.29 is 19.5 Å². The van der Waals surface area contributed by atoms with Crippen LogP contribution in [0.15, 0.2) is 5.10 Å². The average molecular weight is 281 g/mol. The van der Waals surface area contributed by atoms with E-state index in [1.165, 1.54) is 11.9 Å². The number of carboxylic acid groups (broad SMARTS) is 1. The normalized spacial score (nSPS) is 27.3. The number of nitrogens with zero attached hydrogens (tertiary/aromatic N) is 3. The van der Waals surface area contributed by atoms with Crippen LogP contribution in [0.2, 0.25) is 0 Å². The van der Waals surface area contributed by atoms with E-state index in [2.05, 4.69) is 5.10 Å². The average Bonchev–Trinajstić information content (AvgIpc) is 2.40. The lowest BCUT2D eigenvalue weighted by molar-refractivity contribution is -0.152. The van der Waals surface area contributed by atoms with Gasteiger partial charge in [0, 0.05) is 26.4 Å². The Morgan fingerprint density at radius 2 is 2.05 bits per heavy atom. The van der Waals surface area contributed by atoms with Gasteiger partial charge in [-0.2, -0.15) is 5.10 Å². The lowest BCUT2D eigenvalue weighted by Gasteiger charge is -2.37. The van der Waals surface area contributed by atoms with Crippen molar-refractivity contribution in [3.63, 3.8) is 0 Å². The third-order valence-corrected chi connectivity index (χ3v) is 3.90. The van der Waals surface area contributed by atoms with Crippen molar-refractivity contribution in [3.8, 4) is 0 Å². The van der Waals surface area contributed by atoms with E-state index in [-0.39, 0.29) is 36.3 Å². The molecule has 2 atom stereocenters. The lowest BCUT2D eigenvalue weighted by atomic mass is 9.90. The van der Waals surface area contributed by atoms with Crippen LogP contribution in [0.1, 0.15) is 32.6 Å². The number of carboxylic acids is 1. The van der Waals surface area contributed by atoms with E-state index in [9.17, 15) is 19.5 Å². The van der Waals surface area contributed by atoms with E-state index in [0.717, 1.165) is 17.9 Å². The Morgan fingerprint density at radius 1 is 1.35 bits per heavy atom. The summed E-state index contributed by atoms with van der Waals surface area (Å²) in [5.41, 5.74) is 0.271. The van der Waals surface area contributed by atoms with Gasteiger partial charge in [-0.15, -0.1) is 0 Å². The lowest BCUT2D eigenvalue weighted by Crippen LogP contribution is -2.54. The number of carbonyl (C=O) groups is 3. The molecule has 2 aliphatic rings. The molecule has 2 aliphatic heterocycles. The zero-order valence-corrected chi connectivity index (χ0v) is 11.7. The molecule has 2 amide bonds. The first-order valence-electron chi connectivity index (χ1n) is 6.79. The van der Waals surface area contributed by atoms with Gasteiger partial charge in [0.15, 0.2) is 0 Å². The van der Waals surface area contributed by atoms with E-state index in [1.807, 2.05) is 6.92 Å². The van der Waals surface area contributed by atoms with Gasteiger partial charge in [-0.1, -0.05) is 6.92 Å². The molecule has 0 aliphatic carbocycles. The number of hydrogen-bond acceptors (Lipinski definition) is 4. The van der Waals surface area contributed by atoms with E-state index in [0.29, 0.717) is 6.54 Å². The third-order valence-electron chi connectivity index (χ3n) is 3.90. The van der Waals surface area contributed by atoms with Gasteiger partial charge in [-0.25, -0.2) is 9.80 Å². The monoisotopic (exact) mass is 281 g/mol. The second-order valence-corrected chi connectivity index (χ2v) is 5.37. The van der Waals surface area contributed by atoms with Crippen LogP contribution in [0.25, 0.3) is 0 Å². The Bertz CT molecular complexity index is 474. The molecule has 0 bridgehead atoms. The van der Waals surface area contributed by atoms with Crippen LogP contribution < -0.4 is 0 Å². The van der Waals surface area contributed by atoms with Gasteiger partial charge in [0.05, 0.1) is 0 Å². The number of rotatable bonds is 2. The molecule has 0 aromatic rings. The van der Waals surface area contributed by atoms with Crippen molar-refractivity contribution in [2.45, 2.75) is 38.6 Å². The second kappa shape index (κ2) is 5.60. The summed E-state index contributed by atoms with van der Waals surface area (Å²) in [4.78, 5) is 36.6. The van der Waals surface area contributed by atoms with Crippen LogP contribution >= 0.6 is 0 Å². The van der Waals surface area contributed by atoms with Gasteiger partial charge in [0.25, 0.3) is 5.91 Å². The molecule has 7 heteroatoms. The molecule has 2 rings (SSSR count). The predicted molar refractivity (Wildman–Crippen MR) is 71.0 cm³/mol. The van der Waals surface area contributed by atoms with E-state index in [4.69, 9.17) is 0 Å². The second-order valence-electron chi connectivity index (χ2n) is 5.37. The number of hydrogen-bond donors (Lipinski definition) is 1. The summed E-state index contributed by atoms with van der Waals surface area (Å²) < 4.78 is 0. The Hall–Kier alpha value is -1.92. The molecule has 0 saturated carbocycles. The fraction of sp³-hybridized carbons (Fsp3) is 0.692. The summed E-state index contributed by atoms with van der Waals surface area (Å²) in [7, 11) is 1.50. The number of carbonyl (C=O) groups excluding carboxylic acids is 2. The van der Waals surface area contributed by atoms with Crippen molar-refractivity contribution in [3.05, 3.63) is 0 Å². The first kappa shape index (κ1) is 14.5. The van der Waals surface area contributed by atoms with E-state index in [1.54, 1.807) is 0 Å². The minimum Gasteiger partial charge on any atom is -0.480 e. The Morgan fingerprint density at radius 3 is 2.65 bits per heavy atom. The standard InChI is InChI=1S/C13H19N3O4/c1-8-4-3-7-16(11(8)13(19)20)12(18)9-5-6-10(17)15(2)14-9/h8,11H,3-7H2,1-2H3,(H,19,20). The summed E-state index contributed by atoms with van der Waals surface area (Å²) in [6.45, 7) is 2.27. The van der Waals surface area contributed by atoms with Crippen LogP contribution in [0.3, 0.4) is 0 Å². The minimum absolute atomic E-state index is 0.0752. The maximum Gasteiger partial charge on any atom is 0.326 e. The van der Waals surface area contributed by atoms with Crippen molar-refractivity contribution in [1.29, 1.82) is 0 Å². The van der Waals surface area contributed by atoms with Crippen LogP contribution in [0, 0.1) is 5.92 Å². The van der Waals surface area contributed by atoms with Gasteiger partial charge in [0.1, 0.15) is 11.8 Å². The van der Waals surface area contributed by atoms with Gasteiger partial charge in [-0.3, -0.25) is 9.59 Å². The minimum atomic E-state index is -0.980. The highest BCUT2D eigenvalue weighted by Crippen LogP contribution is 2.24. The summed E-state index contributed by atoms with van der Waals surface area (Å²) in [5, 5.41) is 14.4. The quantitative estimate of drug-likeness (QED) is 0.788. The molecule has 1 saturated heterocycles. The van der Waals surface area contributed by atoms with Gasteiger partial charge in [0.2, 0.25) is 5.91 Å². The molecule has 0 aromatic heterocycles. The zero-order chi connectivity index (χ0) is 14.9. The summed E-state index contributed by atoms with van der Waals surface area (Å²) in [6, 6.07) is -0.804. The fourth-order valence-corrected chi connectivity index (χ4v) is 2.78. The summed E-state index contributed by atoms with van der Waals surface area (Å²) >= 11 is 0. The van der Waals surface area contributed by atoms with Crippen molar-refractivity contribution >= 4 is 23.5 Å². The Balaban J connectivity index is 2.21. The topological polar surface area (TPSA) is 90.3 Å². The number of amides is 2. The molecule has 0 radical (unpaired) electrons. The molecular weight excluding hydrogens is 262 g/mol. The number of hydrazone groups is 1. The SMILES string of the molecule is CC1CCCN(C(=O)C2=NN(C)C(=O)CC2)C1C(=O)O. The maximum atomic E-state index is 12.5.